The zero-order valence-electron chi connectivity index (χ0n) is 11.6. The van der Waals surface area contributed by atoms with Gasteiger partial charge in [0.25, 0.3) is 5.69 Å². The fourth-order valence-corrected chi connectivity index (χ4v) is 1.47. The molecule has 0 saturated heterocycles. The van der Waals surface area contributed by atoms with Crippen LogP contribution in [0.1, 0.15) is 19.4 Å². The van der Waals surface area contributed by atoms with Gasteiger partial charge >= 0.3 is 5.97 Å². The van der Waals surface area contributed by atoms with Crippen LogP contribution in [0.25, 0.3) is 6.08 Å². The van der Waals surface area contributed by atoms with Gasteiger partial charge in [0, 0.05) is 6.07 Å². The number of nitro benzene ring substituents is 1. The van der Waals surface area contributed by atoms with Crippen LogP contribution in [-0.4, -0.2) is 17.0 Å². The zero-order chi connectivity index (χ0) is 15.8. The highest BCUT2D eigenvalue weighted by Gasteiger charge is 2.12. The van der Waals surface area contributed by atoms with E-state index in [4.69, 9.17) is 10.00 Å². The quantitative estimate of drug-likeness (QED) is 0.207. The van der Waals surface area contributed by atoms with E-state index >= 15 is 0 Å². The summed E-state index contributed by atoms with van der Waals surface area (Å²) in [6.07, 6.45) is 3.80. The average molecular weight is 286 g/mol. The summed E-state index contributed by atoms with van der Waals surface area (Å²) in [5, 5.41) is 19.7. The number of allylic oxidation sites excluding steroid dienone is 2. The van der Waals surface area contributed by atoms with Gasteiger partial charge in [-0.3, -0.25) is 10.1 Å². The van der Waals surface area contributed by atoms with Gasteiger partial charge in [-0.15, -0.1) is 0 Å². The van der Waals surface area contributed by atoms with Crippen molar-refractivity contribution in [3.05, 3.63) is 57.7 Å². The SMILES string of the molecule is CC(C)OC(=O)C(C#N)=CC=Cc1ccccc1[N+](=O)[O-]. The lowest BCUT2D eigenvalue weighted by Crippen LogP contribution is -2.12. The molecule has 1 rings (SSSR count). The van der Waals surface area contributed by atoms with E-state index in [0.29, 0.717) is 5.56 Å². The van der Waals surface area contributed by atoms with Crippen molar-refractivity contribution in [2.45, 2.75) is 20.0 Å². The highest BCUT2D eigenvalue weighted by molar-refractivity contribution is 5.93. The lowest BCUT2D eigenvalue weighted by molar-refractivity contribution is -0.385. The third-order valence-corrected chi connectivity index (χ3v) is 2.36. The molecule has 6 nitrogen and oxygen atoms in total. The van der Waals surface area contributed by atoms with Crippen molar-refractivity contribution in [2.24, 2.45) is 0 Å². The largest absolute Gasteiger partial charge is 0.459 e. The molecule has 0 bridgehead atoms. The molecule has 0 fully saturated rings. The molecule has 108 valence electrons. The third-order valence-electron chi connectivity index (χ3n) is 2.36. The first-order chi connectivity index (χ1) is 9.95. The second-order valence-electron chi connectivity index (χ2n) is 4.32. The molecule has 0 amide bonds. The molecule has 6 heteroatoms. The van der Waals surface area contributed by atoms with Crippen LogP contribution >= 0.6 is 0 Å². The molecule has 0 unspecified atom stereocenters. The molecule has 0 spiro atoms. The number of benzene rings is 1. The van der Waals surface area contributed by atoms with Crippen LogP contribution in [0.4, 0.5) is 5.69 Å². The van der Waals surface area contributed by atoms with E-state index in [0.717, 1.165) is 0 Å². The predicted octanol–water partition coefficient (Wildman–Crippen LogP) is 3.01. The summed E-state index contributed by atoms with van der Waals surface area (Å²) in [6, 6.07) is 7.90. The maximum Gasteiger partial charge on any atom is 0.349 e. The van der Waals surface area contributed by atoms with Crippen LogP contribution in [0.5, 0.6) is 0 Å². The Balaban J connectivity index is 2.95. The number of esters is 1. The summed E-state index contributed by atoms with van der Waals surface area (Å²) in [5.74, 6) is -0.722. The number of hydrogen-bond donors (Lipinski definition) is 0. The number of carbonyl (C=O) groups is 1. The number of ether oxygens (including phenoxy) is 1. The van der Waals surface area contributed by atoms with Crippen LogP contribution in [0.3, 0.4) is 0 Å². The first-order valence-electron chi connectivity index (χ1n) is 6.18. The van der Waals surface area contributed by atoms with Gasteiger partial charge in [0.2, 0.25) is 0 Å². The van der Waals surface area contributed by atoms with Crippen LogP contribution < -0.4 is 0 Å². The van der Waals surface area contributed by atoms with Crippen molar-refractivity contribution < 1.29 is 14.5 Å². The van der Waals surface area contributed by atoms with Crippen molar-refractivity contribution in [1.29, 1.82) is 5.26 Å². The van der Waals surface area contributed by atoms with E-state index in [9.17, 15) is 14.9 Å². The fraction of sp³-hybridized carbons (Fsp3) is 0.200. The van der Waals surface area contributed by atoms with E-state index in [1.165, 1.54) is 24.3 Å². The zero-order valence-corrected chi connectivity index (χ0v) is 11.6. The lowest BCUT2D eigenvalue weighted by atomic mass is 10.1. The van der Waals surface area contributed by atoms with Crippen LogP contribution in [0.2, 0.25) is 0 Å². The third kappa shape index (κ3) is 4.91. The number of nitrogens with zero attached hydrogens (tertiary/aromatic N) is 2. The highest BCUT2D eigenvalue weighted by atomic mass is 16.6. The molecule has 0 atom stereocenters. The number of hydrogen-bond acceptors (Lipinski definition) is 5. The Morgan fingerprint density at radius 3 is 2.67 bits per heavy atom. The van der Waals surface area contributed by atoms with Crippen molar-refractivity contribution in [1.82, 2.24) is 0 Å². The van der Waals surface area contributed by atoms with Crippen molar-refractivity contribution in [3.63, 3.8) is 0 Å². The Hall–Kier alpha value is -2.94. The second-order valence-corrected chi connectivity index (χ2v) is 4.32. The normalized spacial score (nSPS) is 11.4. The number of nitro groups is 1. The summed E-state index contributed by atoms with van der Waals surface area (Å²) in [5.41, 5.74) is 0.164. The highest BCUT2D eigenvalue weighted by Crippen LogP contribution is 2.19. The van der Waals surface area contributed by atoms with Crippen molar-refractivity contribution in [3.8, 4) is 6.07 Å². The summed E-state index contributed by atoms with van der Waals surface area (Å²) in [7, 11) is 0. The first-order valence-corrected chi connectivity index (χ1v) is 6.18. The maximum absolute atomic E-state index is 11.5. The van der Waals surface area contributed by atoms with Crippen molar-refractivity contribution in [2.75, 3.05) is 0 Å². The second kappa shape index (κ2) is 7.60. The number of rotatable bonds is 5. The Morgan fingerprint density at radius 1 is 1.43 bits per heavy atom. The van der Waals surface area contributed by atoms with Gasteiger partial charge < -0.3 is 4.74 Å². The Kier molecular flexibility index (Phi) is 5.83. The molecule has 0 aliphatic rings. The van der Waals surface area contributed by atoms with E-state index < -0.39 is 10.9 Å². The number of carbonyl (C=O) groups excluding carboxylic acids is 1. The summed E-state index contributed by atoms with van der Waals surface area (Å²) in [6.45, 7) is 3.35. The molecule has 1 aromatic carbocycles. The minimum atomic E-state index is -0.722. The van der Waals surface area contributed by atoms with Crippen LogP contribution in [0, 0.1) is 21.4 Å². The topological polar surface area (TPSA) is 93.2 Å². The molecular weight excluding hydrogens is 272 g/mol. The molecule has 0 N–H and O–H groups in total. The van der Waals surface area contributed by atoms with Crippen LogP contribution in [0.15, 0.2) is 42.0 Å². The van der Waals surface area contributed by atoms with Gasteiger partial charge in [0.05, 0.1) is 16.6 Å². The Bertz CT molecular complexity index is 639. The van der Waals surface area contributed by atoms with Gasteiger partial charge in [-0.1, -0.05) is 18.2 Å². The summed E-state index contributed by atoms with van der Waals surface area (Å²) < 4.78 is 4.90. The average Bonchev–Trinajstić information content (AvgIpc) is 2.43. The molecule has 21 heavy (non-hydrogen) atoms. The van der Waals surface area contributed by atoms with Gasteiger partial charge in [-0.2, -0.15) is 5.26 Å². The summed E-state index contributed by atoms with van der Waals surface area (Å²) in [4.78, 5) is 21.9. The Morgan fingerprint density at radius 2 is 2.10 bits per heavy atom. The minimum Gasteiger partial charge on any atom is -0.459 e. The molecule has 0 aromatic heterocycles. The monoisotopic (exact) mass is 286 g/mol. The fourth-order valence-electron chi connectivity index (χ4n) is 1.47. The van der Waals surface area contributed by atoms with Gasteiger partial charge in [-0.25, -0.2) is 4.79 Å². The van der Waals surface area contributed by atoms with Crippen molar-refractivity contribution >= 4 is 17.7 Å². The van der Waals surface area contributed by atoms with Gasteiger partial charge in [0.1, 0.15) is 11.6 Å². The predicted molar refractivity (Wildman–Crippen MR) is 77.1 cm³/mol. The van der Waals surface area contributed by atoms with E-state index in [1.54, 1.807) is 38.1 Å². The molecule has 0 aliphatic heterocycles. The standard InChI is InChI=1S/C15H14N2O4/c1-11(2)21-15(18)13(10-16)8-5-7-12-6-3-4-9-14(12)17(19)20/h3-9,11H,1-2H3. The summed E-state index contributed by atoms with van der Waals surface area (Å²) >= 11 is 0. The number of nitriles is 1. The van der Waals surface area contributed by atoms with Gasteiger partial charge in [0.15, 0.2) is 0 Å². The minimum absolute atomic E-state index is 0.0505. The first kappa shape index (κ1) is 16.1. The lowest BCUT2D eigenvalue weighted by Gasteiger charge is -2.05. The number of para-hydroxylation sites is 1. The van der Waals surface area contributed by atoms with E-state index in [1.807, 2.05) is 0 Å². The molecule has 0 radical (unpaired) electrons. The van der Waals surface area contributed by atoms with E-state index in [-0.39, 0.29) is 17.4 Å². The smallest absolute Gasteiger partial charge is 0.349 e. The maximum atomic E-state index is 11.5. The molecular formula is C15H14N2O4. The molecule has 1 aromatic rings. The van der Waals surface area contributed by atoms with Crippen LogP contribution in [-0.2, 0) is 9.53 Å². The molecule has 0 saturated carbocycles. The van der Waals surface area contributed by atoms with Gasteiger partial charge in [-0.05, 0) is 32.1 Å². The molecule has 0 aliphatic carbocycles. The molecule has 0 heterocycles. The van der Waals surface area contributed by atoms with E-state index in [2.05, 4.69) is 0 Å². The Labute approximate surface area is 122 Å².